The van der Waals surface area contributed by atoms with Gasteiger partial charge in [0.15, 0.2) is 0 Å². The second-order valence-electron chi connectivity index (χ2n) is 2.09. The van der Waals surface area contributed by atoms with Gasteiger partial charge in [0, 0.05) is 0 Å². The van der Waals surface area contributed by atoms with E-state index in [9.17, 15) is 4.57 Å². The SMILES string of the molecule is NCCC[C@@H](N)P(=O)(O)O. The first kappa shape index (κ1) is 10.1. The van der Waals surface area contributed by atoms with Crippen molar-refractivity contribution in [3.05, 3.63) is 0 Å². The molecule has 6 heteroatoms. The van der Waals surface area contributed by atoms with Gasteiger partial charge in [-0.1, -0.05) is 0 Å². The fraction of sp³-hybridized carbons (Fsp3) is 1.00. The van der Waals surface area contributed by atoms with Crippen molar-refractivity contribution in [2.24, 2.45) is 11.5 Å². The number of hydrogen-bond donors (Lipinski definition) is 4. The highest BCUT2D eigenvalue weighted by Gasteiger charge is 2.23. The Bertz CT molecular complexity index is 134. The molecule has 0 bridgehead atoms. The largest absolute Gasteiger partial charge is 0.342 e. The molecule has 0 radical (unpaired) electrons. The molecule has 0 aliphatic heterocycles. The van der Waals surface area contributed by atoms with Crippen LogP contribution in [0, 0.1) is 0 Å². The van der Waals surface area contributed by atoms with Crippen LogP contribution < -0.4 is 11.5 Å². The van der Waals surface area contributed by atoms with Crippen LogP contribution in [0.4, 0.5) is 0 Å². The van der Waals surface area contributed by atoms with Gasteiger partial charge in [0.05, 0.1) is 0 Å². The molecule has 62 valence electrons. The van der Waals surface area contributed by atoms with E-state index in [-0.39, 0.29) is 6.42 Å². The van der Waals surface area contributed by atoms with Gasteiger partial charge >= 0.3 is 7.60 Å². The van der Waals surface area contributed by atoms with Gasteiger partial charge in [-0.3, -0.25) is 4.57 Å². The highest BCUT2D eigenvalue weighted by molar-refractivity contribution is 7.52. The van der Waals surface area contributed by atoms with E-state index < -0.39 is 13.4 Å². The van der Waals surface area contributed by atoms with Gasteiger partial charge in [-0.15, -0.1) is 0 Å². The van der Waals surface area contributed by atoms with E-state index in [1.807, 2.05) is 0 Å². The van der Waals surface area contributed by atoms with Gasteiger partial charge in [0.2, 0.25) is 0 Å². The summed E-state index contributed by atoms with van der Waals surface area (Å²) < 4.78 is 10.4. The quantitative estimate of drug-likeness (QED) is 0.410. The summed E-state index contributed by atoms with van der Waals surface area (Å²) in [5.41, 5.74) is 10.2. The lowest BCUT2D eigenvalue weighted by Crippen LogP contribution is -2.20. The van der Waals surface area contributed by atoms with Crippen molar-refractivity contribution >= 4 is 7.60 Å². The van der Waals surface area contributed by atoms with Crippen LogP contribution in [0.5, 0.6) is 0 Å². The van der Waals surface area contributed by atoms with Gasteiger partial charge in [-0.25, -0.2) is 0 Å². The van der Waals surface area contributed by atoms with Gasteiger partial charge in [-0.2, -0.15) is 0 Å². The molecule has 0 aliphatic rings. The molecule has 0 aromatic rings. The van der Waals surface area contributed by atoms with Crippen molar-refractivity contribution in [1.29, 1.82) is 0 Å². The van der Waals surface area contributed by atoms with Crippen molar-refractivity contribution in [2.75, 3.05) is 6.54 Å². The summed E-state index contributed by atoms with van der Waals surface area (Å²) in [5, 5.41) is 0. The molecule has 0 heterocycles. The maximum absolute atomic E-state index is 10.4. The molecule has 0 saturated carbocycles. The first-order valence-corrected chi connectivity index (χ1v) is 4.67. The summed E-state index contributed by atoms with van der Waals surface area (Å²) in [5.74, 6) is -1.05. The molecular formula is C4H13N2O3P. The standard InChI is InChI=1S/C4H13N2O3P/c5-3-1-2-4(6)10(7,8)9/h4H,1-3,5-6H2,(H2,7,8,9)/t4-/m0/s1. The van der Waals surface area contributed by atoms with Gasteiger partial charge in [-0.05, 0) is 19.4 Å². The van der Waals surface area contributed by atoms with Crippen LogP contribution in [-0.4, -0.2) is 22.1 Å². The van der Waals surface area contributed by atoms with Gasteiger partial charge in [0.25, 0.3) is 0 Å². The third kappa shape index (κ3) is 3.98. The molecule has 0 saturated heterocycles. The van der Waals surface area contributed by atoms with E-state index in [1.54, 1.807) is 0 Å². The van der Waals surface area contributed by atoms with E-state index in [0.29, 0.717) is 13.0 Å². The molecule has 0 aliphatic carbocycles. The summed E-state index contributed by atoms with van der Waals surface area (Å²) in [7, 11) is -4.06. The highest BCUT2D eigenvalue weighted by atomic mass is 31.2. The summed E-state index contributed by atoms with van der Waals surface area (Å²) in [4.78, 5) is 16.9. The third-order valence-electron chi connectivity index (χ3n) is 1.14. The van der Waals surface area contributed by atoms with Crippen molar-refractivity contribution in [3.8, 4) is 0 Å². The summed E-state index contributed by atoms with van der Waals surface area (Å²) in [6.07, 6.45) is 0.826. The topological polar surface area (TPSA) is 110 Å². The van der Waals surface area contributed by atoms with Crippen LogP contribution in [0.1, 0.15) is 12.8 Å². The predicted molar refractivity (Wildman–Crippen MR) is 38.3 cm³/mol. The Kier molecular flexibility index (Phi) is 4.08. The second kappa shape index (κ2) is 4.05. The van der Waals surface area contributed by atoms with E-state index in [1.165, 1.54) is 0 Å². The summed E-state index contributed by atoms with van der Waals surface area (Å²) in [6.45, 7) is 0.410. The zero-order chi connectivity index (χ0) is 8.20. The minimum atomic E-state index is -4.06. The molecular weight excluding hydrogens is 155 g/mol. The Morgan fingerprint density at radius 2 is 2.00 bits per heavy atom. The zero-order valence-corrected chi connectivity index (χ0v) is 6.50. The maximum atomic E-state index is 10.4. The molecule has 6 N–H and O–H groups in total. The van der Waals surface area contributed by atoms with Crippen LogP contribution in [0.25, 0.3) is 0 Å². The van der Waals surface area contributed by atoms with Gasteiger partial charge in [0.1, 0.15) is 5.78 Å². The smallest absolute Gasteiger partial charge is 0.330 e. The minimum absolute atomic E-state index is 0.279. The second-order valence-corrected chi connectivity index (χ2v) is 3.93. The van der Waals surface area contributed by atoms with Crippen LogP contribution in [0.15, 0.2) is 0 Å². The normalized spacial score (nSPS) is 15.2. The average molecular weight is 168 g/mol. The molecule has 0 amide bonds. The lowest BCUT2D eigenvalue weighted by molar-refractivity contribution is 0.354. The first-order valence-electron chi connectivity index (χ1n) is 2.99. The third-order valence-corrected chi connectivity index (χ3v) is 2.26. The van der Waals surface area contributed by atoms with Crippen molar-refractivity contribution in [3.63, 3.8) is 0 Å². The lowest BCUT2D eigenvalue weighted by atomic mass is 10.3. The van der Waals surface area contributed by atoms with E-state index in [2.05, 4.69) is 0 Å². The molecule has 0 aromatic heterocycles. The van der Waals surface area contributed by atoms with E-state index in [4.69, 9.17) is 21.3 Å². The summed E-state index contributed by atoms with van der Waals surface area (Å²) >= 11 is 0. The Morgan fingerprint density at radius 3 is 2.30 bits per heavy atom. The number of nitrogens with two attached hydrogens (primary N) is 2. The molecule has 0 rings (SSSR count). The number of rotatable bonds is 4. The molecule has 0 unspecified atom stereocenters. The van der Waals surface area contributed by atoms with Crippen LogP contribution >= 0.6 is 7.60 Å². The van der Waals surface area contributed by atoms with Gasteiger partial charge < -0.3 is 21.3 Å². The molecule has 0 spiro atoms. The molecule has 1 atom stereocenters. The van der Waals surface area contributed by atoms with Crippen molar-refractivity contribution in [1.82, 2.24) is 0 Å². The molecule has 10 heavy (non-hydrogen) atoms. The molecule has 0 aromatic carbocycles. The zero-order valence-electron chi connectivity index (χ0n) is 5.60. The predicted octanol–water partition coefficient (Wildman–Crippen LogP) is -0.812. The first-order chi connectivity index (χ1) is 4.48. The van der Waals surface area contributed by atoms with Crippen LogP contribution in [0.3, 0.4) is 0 Å². The maximum Gasteiger partial charge on any atom is 0.342 e. The van der Waals surface area contributed by atoms with Crippen molar-refractivity contribution in [2.45, 2.75) is 18.6 Å². The number of hydrogen-bond acceptors (Lipinski definition) is 3. The van der Waals surface area contributed by atoms with Crippen molar-refractivity contribution < 1.29 is 14.4 Å². The van der Waals surface area contributed by atoms with E-state index >= 15 is 0 Å². The fourth-order valence-electron chi connectivity index (χ4n) is 0.495. The Hall–Kier alpha value is 0.0700. The summed E-state index contributed by atoms with van der Waals surface area (Å²) in [6, 6.07) is 0. The van der Waals surface area contributed by atoms with E-state index in [0.717, 1.165) is 0 Å². The van der Waals surface area contributed by atoms with Crippen LogP contribution in [-0.2, 0) is 4.57 Å². The Morgan fingerprint density at radius 1 is 1.50 bits per heavy atom. The van der Waals surface area contributed by atoms with Crippen LogP contribution in [0.2, 0.25) is 0 Å². The average Bonchev–Trinajstić information content (AvgIpc) is 1.80. The molecule has 0 fully saturated rings. The highest BCUT2D eigenvalue weighted by Crippen LogP contribution is 2.39. The molecule has 5 nitrogen and oxygen atoms in total. The fourth-order valence-corrected chi connectivity index (χ4v) is 1.01. The Balaban J connectivity index is 3.63. The Labute approximate surface area is 59.6 Å². The lowest BCUT2D eigenvalue weighted by Gasteiger charge is -2.11. The monoisotopic (exact) mass is 168 g/mol. The minimum Gasteiger partial charge on any atom is -0.330 e.